The minimum atomic E-state index is -0.520. The Morgan fingerprint density at radius 1 is 1.26 bits per heavy atom. The van der Waals surface area contributed by atoms with Crippen LogP contribution in [0.4, 0.5) is 0 Å². The molecule has 1 unspecified atom stereocenters. The molecule has 1 heterocycles. The lowest BCUT2D eigenvalue weighted by Gasteiger charge is -2.15. The highest BCUT2D eigenvalue weighted by molar-refractivity contribution is 5.79. The van der Waals surface area contributed by atoms with Gasteiger partial charge in [-0.3, -0.25) is 4.79 Å². The van der Waals surface area contributed by atoms with Gasteiger partial charge in [-0.25, -0.2) is 4.68 Å². The number of aromatic nitrogens is 2. The summed E-state index contributed by atoms with van der Waals surface area (Å²) in [4.78, 5) is 12.1. The number of rotatable bonds is 6. The van der Waals surface area contributed by atoms with Crippen molar-refractivity contribution in [3.63, 3.8) is 0 Å². The van der Waals surface area contributed by atoms with Gasteiger partial charge in [-0.1, -0.05) is 32.0 Å². The highest BCUT2D eigenvalue weighted by Gasteiger charge is 2.17. The smallest absolute Gasteiger partial charge is 0.224 e. The van der Waals surface area contributed by atoms with Gasteiger partial charge in [0.1, 0.15) is 0 Å². The number of benzene rings is 1. The van der Waals surface area contributed by atoms with Crippen LogP contribution in [0.25, 0.3) is 5.69 Å². The summed E-state index contributed by atoms with van der Waals surface area (Å²) in [6, 6.07) is 9.87. The van der Waals surface area contributed by atoms with Gasteiger partial charge in [0.05, 0.1) is 23.9 Å². The monoisotopic (exact) mass is 315 g/mol. The Kier molecular flexibility index (Phi) is 5.55. The van der Waals surface area contributed by atoms with Crippen molar-refractivity contribution in [1.29, 1.82) is 0 Å². The standard InChI is InChI=1S/C18H25N3O2/c1-12(2)17(22)11-19-18(23)10-16-13(3)20-21(14(16)4)15-8-6-5-7-9-15/h5-9,12,17,22H,10-11H2,1-4H3,(H,19,23). The third kappa shape index (κ3) is 4.20. The van der Waals surface area contributed by atoms with Gasteiger partial charge in [0.2, 0.25) is 5.91 Å². The number of hydrogen-bond donors (Lipinski definition) is 2. The second-order valence-electron chi connectivity index (χ2n) is 6.19. The summed E-state index contributed by atoms with van der Waals surface area (Å²) in [5, 5.41) is 17.1. The molecular formula is C18H25N3O2. The largest absolute Gasteiger partial charge is 0.391 e. The lowest BCUT2D eigenvalue weighted by molar-refractivity contribution is -0.121. The van der Waals surface area contributed by atoms with Gasteiger partial charge < -0.3 is 10.4 Å². The van der Waals surface area contributed by atoms with Crippen molar-refractivity contribution in [3.05, 3.63) is 47.3 Å². The number of aliphatic hydroxyl groups excluding tert-OH is 1. The Morgan fingerprint density at radius 3 is 2.52 bits per heavy atom. The number of nitrogens with zero attached hydrogens (tertiary/aromatic N) is 2. The van der Waals surface area contributed by atoms with E-state index >= 15 is 0 Å². The van der Waals surface area contributed by atoms with E-state index in [9.17, 15) is 9.90 Å². The van der Waals surface area contributed by atoms with Gasteiger partial charge in [-0.15, -0.1) is 0 Å². The molecule has 1 amide bonds. The Hall–Kier alpha value is -2.14. The molecule has 0 saturated carbocycles. The summed E-state index contributed by atoms with van der Waals surface area (Å²) in [5.74, 6) is 0.0307. The van der Waals surface area contributed by atoms with Crippen LogP contribution in [0.1, 0.15) is 30.8 Å². The number of para-hydroxylation sites is 1. The summed E-state index contributed by atoms with van der Waals surface area (Å²) in [7, 11) is 0. The maximum atomic E-state index is 12.1. The average molecular weight is 315 g/mol. The normalized spacial score (nSPS) is 12.4. The lowest BCUT2D eigenvalue weighted by atomic mass is 10.1. The molecule has 0 aliphatic rings. The van der Waals surface area contributed by atoms with Crippen molar-refractivity contribution in [2.45, 2.75) is 40.2 Å². The second kappa shape index (κ2) is 7.42. The van der Waals surface area contributed by atoms with Gasteiger partial charge >= 0.3 is 0 Å². The first-order valence-electron chi connectivity index (χ1n) is 7.95. The number of aryl methyl sites for hydroxylation is 1. The minimum Gasteiger partial charge on any atom is -0.391 e. The second-order valence-corrected chi connectivity index (χ2v) is 6.19. The van der Waals surface area contributed by atoms with Crippen molar-refractivity contribution in [2.75, 3.05) is 6.54 Å². The molecule has 23 heavy (non-hydrogen) atoms. The molecule has 2 N–H and O–H groups in total. The van der Waals surface area contributed by atoms with E-state index in [-0.39, 0.29) is 24.8 Å². The van der Waals surface area contributed by atoms with E-state index in [1.807, 2.05) is 62.7 Å². The van der Waals surface area contributed by atoms with Gasteiger partial charge in [-0.05, 0) is 31.9 Å². The molecule has 0 spiro atoms. The number of nitrogens with one attached hydrogen (secondary N) is 1. The van der Waals surface area contributed by atoms with E-state index in [1.54, 1.807) is 0 Å². The first-order valence-corrected chi connectivity index (χ1v) is 7.95. The molecule has 1 aromatic heterocycles. The number of carbonyl (C=O) groups is 1. The Balaban J connectivity index is 2.09. The summed E-state index contributed by atoms with van der Waals surface area (Å²) >= 11 is 0. The van der Waals surface area contributed by atoms with E-state index in [0.29, 0.717) is 0 Å². The Labute approximate surface area is 137 Å². The molecule has 0 aliphatic carbocycles. The maximum absolute atomic E-state index is 12.1. The highest BCUT2D eigenvalue weighted by atomic mass is 16.3. The molecule has 5 nitrogen and oxygen atoms in total. The number of carbonyl (C=O) groups excluding carboxylic acids is 1. The van der Waals surface area contributed by atoms with Crippen LogP contribution in [0.2, 0.25) is 0 Å². The number of amides is 1. The predicted molar refractivity (Wildman–Crippen MR) is 90.6 cm³/mol. The van der Waals surface area contributed by atoms with E-state index in [2.05, 4.69) is 10.4 Å². The van der Waals surface area contributed by atoms with Gasteiger partial charge in [0.25, 0.3) is 0 Å². The van der Waals surface area contributed by atoms with Crippen molar-refractivity contribution in [2.24, 2.45) is 5.92 Å². The van der Waals surface area contributed by atoms with Gasteiger partial charge in [0.15, 0.2) is 0 Å². The van der Waals surface area contributed by atoms with Crippen molar-refractivity contribution in [3.8, 4) is 5.69 Å². The SMILES string of the molecule is Cc1nn(-c2ccccc2)c(C)c1CC(=O)NCC(O)C(C)C. The minimum absolute atomic E-state index is 0.0940. The summed E-state index contributed by atoms with van der Waals surface area (Å²) < 4.78 is 1.86. The molecule has 0 saturated heterocycles. The van der Waals surface area contributed by atoms with Crippen molar-refractivity contribution >= 4 is 5.91 Å². The quantitative estimate of drug-likeness (QED) is 0.858. The van der Waals surface area contributed by atoms with Crippen molar-refractivity contribution in [1.82, 2.24) is 15.1 Å². The Bertz CT molecular complexity index is 662. The molecule has 0 fully saturated rings. The van der Waals surface area contributed by atoms with E-state index in [4.69, 9.17) is 0 Å². The van der Waals surface area contributed by atoms with Crippen LogP contribution < -0.4 is 5.32 Å². The van der Waals surface area contributed by atoms with Gasteiger partial charge in [0, 0.05) is 17.8 Å². The topological polar surface area (TPSA) is 67.2 Å². The third-order valence-corrected chi connectivity index (χ3v) is 4.06. The molecule has 0 radical (unpaired) electrons. The molecule has 2 aromatic rings. The highest BCUT2D eigenvalue weighted by Crippen LogP contribution is 2.18. The zero-order valence-corrected chi connectivity index (χ0v) is 14.2. The fourth-order valence-electron chi connectivity index (χ4n) is 2.43. The summed E-state index contributed by atoms with van der Waals surface area (Å²) in [6.45, 7) is 8.02. The molecule has 1 atom stereocenters. The first kappa shape index (κ1) is 17.2. The van der Waals surface area contributed by atoms with Crippen LogP contribution in [0.3, 0.4) is 0 Å². The predicted octanol–water partition coefficient (Wildman–Crippen LogP) is 2.16. The maximum Gasteiger partial charge on any atom is 0.224 e. The molecular weight excluding hydrogens is 290 g/mol. The zero-order chi connectivity index (χ0) is 17.0. The molecule has 0 bridgehead atoms. The molecule has 0 aliphatic heterocycles. The van der Waals surface area contributed by atoms with E-state index in [1.165, 1.54) is 0 Å². The van der Waals surface area contributed by atoms with Crippen LogP contribution in [0.5, 0.6) is 0 Å². The molecule has 2 rings (SSSR count). The van der Waals surface area contributed by atoms with Crippen LogP contribution in [-0.2, 0) is 11.2 Å². The third-order valence-electron chi connectivity index (χ3n) is 4.06. The Morgan fingerprint density at radius 2 is 1.91 bits per heavy atom. The van der Waals surface area contributed by atoms with Crippen LogP contribution >= 0.6 is 0 Å². The summed E-state index contributed by atoms with van der Waals surface area (Å²) in [6.07, 6.45) is -0.247. The first-order chi connectivity index (χ1) is 10.9. The van der Waals surface area contributed by atoms with E-state index < -0.39 is 6.10 Å². The lowest BCUT2D eigenvalue weighted by Crippen LogP contribution is -2.35. The average Bonchev–Trinajstić information content (AvgIpc) is 2.81. The van der Waals surface area contributed by atoms with Crippen LogP contribution in [0.15, 0.2) is 30.3 Å². The van der Waals surface area contributed by atoms with Crippen LogP contribution in [-0.4, -0.2) is 33.4 Å². The van der Waals surface area contributed by atoms with Crippen LogP contribution in [0, 0.1) is 19.8 Å². The fourth-order valence-corrected chi connectivity index (χ4v) is 2.43. The molecule has 124 valence electrons. The number of aliphatic hydroxyl groups is 1. The van der Waals surface area contributed by atoms with E-state index in [0.717, 1.165) is 22.6 Å². The van der Waals surface area contributed by atoms with Crippen molar-refractivity contribution < 1.29 is 9.90 Å². The summed E-state index contributed by atoms with van der Waals surface area (Å²) in [5.41, 5.74) is 3.74. The fraction of sp³-hybridized carbons (Fsp3) is 0.444. The molecule has 5 heteroatoms. The zero-order valence-electron chi connectivity index (χ0n) is 14.2. The van der Waals surface area contributed by atoms with Gasteiger partial charge in [-0.2, -0.15) is 5.10 Å². The molecule has 1 aromatic carbocycles. The number of hydrogen-bond acceptors (Lipinski definition) is 3.